The minimum atomic E-state index is -2.64. The number of ether oxygens (including phenoxy) is 9. The largest absolute Gasteiger partial charge is 0.493 e. The van der Waals surface area contributed by atoms with E-state index in [9.17, 15) is 54.9 Å². The second kappa shape index (κ2) is 21.7. The molecule has 0 bridgehead atoms. The maximum atomic E-state index is 15.0. The first kappa shape index (κ1) is 49.3. The highest BCUT2D eigenvalue weighted by molar-refractivity contribution is 6.35. The zero-order valence-electron chi connectivity index (χ0n) is 35.5. The molecule has 1 heterocycles. The smallest absolute Gasteiger partial charge is 0.378 e. The highest BCUT2D eigenvalue weighted by Crippen LogP contribution is 2.53. The molecule has 1 fully saturated rings. The summed E-state index contributed by atoms with van der Waals surface area (Å²) in [5.41, 5.74) is -0.461. The van der Waals surface area contributed by atoms with Gasteiger partial charge in [-0.15, -0.1) is 0 Å². The van der Waals surface area contributed by atoms with Gasteiger partial charge in [0.1, 0.15) is 36.3 Å². The topological polar surface area (TPSA) is 293 Å². The van der Waals surface area contributed by atoms with Gasteiger partial charge < -0.3 is 78.4 Å². The van der Waals surface area contributed by atoms with Crippen LogP contribution in [0.3, 0.4) is 0 Å². The summed E-state index contributed by atoms with van der Waals surface area (Å²) in [6.07, 6.45) is -16.4. The predicted octanol–water partition coefficient (Wildman–Crippen LogP) is 0.719. The number of hydrogen-bond acceptors (Lipinski definition) is 20. The quantitative estimate of drug-likeness (QED) is 0.0441. The minimum Gasteiger partial charge on any atom is -0.493 e. The number of carbonyl (C=O) groups excluding carboxylic acids is 4. The van der Waals surface area contributed by atoms with Crippen LogP contribution in [0.4, 0.5) is 0 Å². The van der Waals surface area contributed by atoms with Gasteiger partial charge in [0.05, 0.1) is 67.0 Å². The minimum absolute atomic E-state index is 0.0172. The molecule has 0 saturated carbocycles. The van der Waals surface area contributed by atoms with Crippen LogP contribution in [0, 0.1) is 5.92 Å². The molecule has 1 saturated heterocycles. The molecule has 1 aliphatic rings. The molecule has 3 aromatic carbocycles. The van der Waals surface area contributed by atoms with E-state index in [1.54, 1.807) is 12.1 Å². The van der Waals surface area contributed by atoms with Crippen LogP contribution in [-0.2, 0) is 23.8 Å². The van der Waals surface area contributed by atoms with Gasteiger partial charge in [-0.1, -0.05) is 32.8 Å². The molecule has 0 amide bonds. The van der Waals surface area contributed by atoms with Gasteiger partial charge >= 0.3 is 11.9 Å². The molecule has 20 nitrogen and oxygen atoms in total. The number of carbonyl (C=O) groups is 4. The van der Waals surface area contributed by atoms with E-state index in [0.29, 0.717) is 18.6 Å². The van der Waals surface area contributed by atoms with Gasteiger partial charge in [-0.3, -0.25) is 9.59 Å². The molecular formula is C42H54O20. The fraction of sp³-hybridized carbons (Fsp3) is 0.524. The van der Waals surface area contributed by atoms with Crippen molar-refractivity contribution in [2.45, 2.75) is 82.1 Å². The van der Waals surface area contributed by atoms with Crippen molar-refractivity contribution >= 4 is 34.3 Å². The molecule has 0 aromatic heterocycles. The Hall–Kier alpha value is -5.32. The van der Waals surface area contributed by atoms with Crippen LogP contribution in [0.25, 0.3) is 21.9 Å². The average Bonchev–Trinajstić information content (AvgIpc) is 3.29. The Morgan fingerprint density at radius 3 is 1.92 bits per heavy atom. The first-order valence-electron chi connectivity index (χ1n) is 19.4. The predicted molar refractivity (Wildman–Crippen MR) is 215 cm³/mol. The van der Waals surface area contributed by atoms with E-state index in [1.807, 2.05) is 13.8 Å². The Morgan fingerprint density at radius 2 is 1.39 bits per heavy atom. The lowest BCUT2D eigenvalue weighted by atomic mass is 9.84. The Morgan fingerprint density at radius 1 is 0.758 bits per heavy atom. The van der Waals surface area contributed by atoms with Crippen molar-refractivity contribution in [3.63, 3.8) is 0 Å². The second-order valence-corrected chi connectivity index (χ2v) is 14.1. The van der Waals surface area contributed by atoms with Crippen molar-refractivity contribution in [3.05, 3.63) is 35.4 Å². The van der Waals surface area contributed by atoms with E-state index in [0.717, 1.165) is 7.11 Å². The molecule has 0 spiro atoms. The lowest BCUT2D eigenvalue weighted by Gasteiger charge is -2.41. The summed E-state index contributed by atoms with van der Waals surface area (Å²) in [5.74, 6) is -5.68. The molecule has 62 heavy (non-hydrogen) atoms. The summed E-state index contributed by atoms with van der Waals surface area (Å²) < 4.78 is 51.3. The highest BCUT2D eigenvalue weighted by atomic mass is 16.7. The number of aliphatic hydroxyl groups is 7. The number of aliphatic hydroxyl groups excluding tert-OH is 7. The van der Waals surface area contributed by atoms with E-state index in [4.69, 9.17) is 42.6 Å². The Kier molecular flexibility index (Phi) is 17.2. The number of methoxy groups -OCH3 is 6. The van der Waals surface area contributed by atoms with E-state index >= 15 is 0 Å². The lowest BCUT2D eigenvalue weighted by Crippen LogP contribution is -2.62. The zero-order valence-corrected chi connectivity index (χ0v) is 35.5. The maximum Gasteiger partial charge on any atom is 0.378 e. The van der Waals surface area contributed by atoms with Gasteiger partial charge in [0.15, 0.2) is 41.0 Å². The number of benzene rings is 3. The number of ketones is 2. The van der Waals surface area contributed by atoms with Crippen LogP contribution in [0.5, 0.6) is 34.5 Å². The van der Waals surface area contributed by atoms with Crippen LogP contribution in [0.15, 0.2) is 24.3 Å². The van der Waals surface area contributed by atoms with Gasteiger partial charge in [0.2, 0.25) is 12.0 Å². The van der Waals surface area contributed by atoms with Crippen molar-refractivity contribution in [3.8, 4) is 45.6 Å². The Labute approximate surface area is 356 Å². The molecule has 342 valence electrons. The molecule has 0 aliphatic carbocycles. The second-order valence-electron chi connectivity index (χ2n) is 14.1. The third-order valence-corrected chi connectivity index (χ3v) is 10.7. The number of hydrogen-bond donors (Lipinski definition) is 7. The van der Waals surface area contributed by atoms with Gasteiger partial charge in [0.25, 0.3) is 5.78 Å². The van der Waals surface area contributed by atoms with Crippen LogP contribution in [-0.4, -0.2) is 164 Å². The summed E-state index contributed by atoms with van der Waals surface area (Å²) >= 11 is 0. The molecule has 20 heteroatoms. The number of rotatable bonds is 21. The van der Waals surface area contributed by atoms with Crippen molar-refractivity contribution in [2.75, 3.05) is 55.9 Å². The zero-order chi connectivity index (χ0) is 46.2. The molecule has 8 atom stereocenters. The summed E-state index contributed by atoms with van der Waals surface area (Å²) in [6, 6.07) is 6.07. The first-order valence-corrected chi connectivity index (χ1v) is 19.4. The number of Topliss-reactive ketones (excluding diaryl/α,β-unsaturated/α-hetero) is 2. The van der Waals surface area contributed by atoms with Crippen molar-refractivity contribution in [2.24, 2.45) is 5.92 Å². The molecular weight excluding hydrogens is 824 g/mol. The van der Waals surface area contributed by atoms with Gasteiger partial charge in [-0.25, -0.2) is 9.59 Å². The van der Waals surface area contributed by atoms with E-state index in [2.05, 4.69) is 0 Å². The van der Waals surface area contributed by atoms with Crippen LogP contribution < -0.4 is 28.4 Å². The SMILES string of the molecule is CCC(CC)CC(=O)c1c(C(=O)OC)c(-c2ccc(OC)c(OC)c2)c2c(OC)c(OC)c(OC)cc2c1O[C@@H]1O[C@H](CO)[C@@H](O)[C@H](O)[C@H]1OC(=O)C(=O)[C@H](O)[C@@H](O)[C@H](O)CO. The monoisotopic (exact) mass is 878 g/mol. The average molecular weight is 879 g/mol. The van der Waals surface area contributed by atoms with Crippen molar-refractivity contribution in [1.82, 2.24) is 0 Å². The molecule has 0 radical (unpaired) electrons. The van der Waals surface area contributed by atoms with Crippen LogP contribution >= 0.6 is 0 Å². The first-order chi connectivity index (χ1) is 29.6. The highest BCUT2D eigenvalue weighted by Gasteiger charge is 2.50. The summed E-state index contributed by atoms with van der Waals surface area (Å²) in [5, 5.41) is 71.8. The summed E-state index contributed by atoms with van der Waals surface area (Å²) in [4.78, 5) is 55.5. The molecule has 0 unspecified atom stereocenters. The lowest BCUT2D eigenvalue weighted by molar-refractivity contribution is -0.281. The molecule has 4 rings (SSSR count). The van der Waals surface area contributed by atoms with Crippen LogP contribution in [0.1, 0.15) is 53.8 Å². The maximum absolute atomic E-state index is 15.0. The van der Waals surface area contributed by atoms with Crippen LogP contribution in [0.2, 0.25) is 0 Å². The molecule has 1 aliphatic heterocycles. The van der Waals surface area contributed by atoms with Gasteiger partial charge in [-0.2, -0.15) is 0 Å². The van der Waals surface area contributed by atoms with E-state index in [-0.39, 0.29) is 62.8 Å². The Bertz CT molecular complexity index is 2080. The normalized spacial score (nSPS) is 20.2. The summed E-state index contributed by atoms with van der Waals surface area (Å²) in [6.45, 7) is 1.69. The van der Waals surface area contributed by atoms with Gasteiger partial charge in [-0.05, 0) is 29.7 Å². The molecule has 7 N–H and O–H groups in total. The van der Waals surface area contributed by atoms with Crippen molar-refractivity contribution in [1.29, 1.82) is 0 Å². The molecule has 3 aromatic rings. The number of fused-ring (bicyclic) bond motifs is 1. The summed E-state index contributed by atoms with van der Waals surface area (Å²) in [7, 11) is 7.83. The Balaban J connectivity index is 2.19. The van der Waals surface area contributed by atoms with E-state index in [1.165, 1.54) is 47.7 Å². The fourth-order valence-corrected chi connectivity index (χ4v) is 7.17. The third kappa shape index (κ3) is 9.67. The third-order valence-electron chi connectivity index (χ3n) is 10.7. The standard InChI is InChI=1S/C42H54O20/c1-9-18(10-2)13-21(45)29-30(40(52)59-8)27(19-11-12-23(54-3)24(14-19)55-4)28-20(15-25(56-5)37(57-6)38(28)58-7)36(29)62-42-39(34(50)32(48)26(17-44)60-42)61-41(53)35(51)33(49)31(47)22(46)16-43/h11-12,14-15,18,22,26,31-34,39,42-44,46-50H,9-10,13,16-17H2,1-8H3/t22-,26-,31+,32-,33-,34+,39-,42+/m1/s1. The number of esters is 2. The van der Waals surface area contributed by atoms with E-state index < -0.39 is 97.0 Å². The fourth-order valence-electron chi connectivity index (χ4n) is 7.17. The van der Waals surface area contributed by atoms with Gasteiger partial charge in [0, 0.05) is 22.8 Å². The van der Waals surface area contributed by atoms with Crippen molar-refractivity contribution < 1.29 is 97.6 Å².